The molecule has 2 aromatic carbocycles. The van der Waals surface area contributed by atoms with Gasteiger partial charge in [-0.1, -0.05) is 48.9 Å². The SMILES string of the molecule is COC(=O)C1=C(C)NC(C)=C(C(=O)OC)C1c1cccc(NC(=O)CCCCCN2CCC(c3ccccc3)CC2)c1. The quantitative estimate of drug-likeness (QED) is 0.265. The molecule has 0 atom stereocenters. The predicted octanol–water partition coefficient (Wildman–Crippen LogP) is 5.65. The number of hydrogen-bond donors (Lipinski definition) is 2. The van der Waals surface area contributed by atoms with Gasteiger partial charge in [-0.15, -0.1) is 0 Å². The lowest BCUT2D eigenvalue weighted by atomic mass is 9.80. The van der Waals surface area contributed by atoms with Crippen LogP contribution in [0.15, 0.2) is 77.1 Å². The van der Waals surface area contributed by atoms with Gasteiger partial charge in [0, 0.05) is 23.5 Å². The number of hydrogen-bond acceptors (Lipinski definition) is 7. The lowest BCUT2D eigenvalue weighted by molar-refractivity contribution is -0.137. The van der Waals surface area contributed by atoms with Crippen molar-refractivity contribution in [3.63, 3.8) is 0 Å². The van der Waals surface area contributed by atoms with E-state index in [1.54, 1.807) is 19.9 Å². The highest BCUT2D eigenvalue weighted by molar-refractivity contribution is 6.00. The van der Waals surface area contributed by atoms with Crippen molar-refractivity contribution in [2.24, 2.45) is 0 Å². The molecule has 42 heavy (non-hydrogen) atoms. The Labute approximate surface area is 249 Å². The van der Waals surface area contributed by atoms with Crippen LogP contribution in [0.5, 0.6) is 0 Å². The van der Waals surface area contributed by atoms with Crippen molar-refractivity contribution in [2.75, 3.05) is 39.2 Å². The normalized spacial score (nSPS) is 16.7. The summed E-state index contributed by atoms with van der Waals surface area (Å²) >= 11 is 0. The van der Waals surface area contributed by atoms with Crippen molar-refractivity contribution in [1.82, 2.24) is 10.2 Å². The Morgan fingerprint density at radius 1 is 0.833 bits per heavy atom. The number of benzene rings is 2. The van der Waals surface area contributed by atoms with E-state index in [-0.39, 0.29) is 5.91 Å². The lowest BCUT2D eigenvalue weighted by Gasteiger charge is -2.32. The van der Waals surface area contributed by atoms with Gasteiger partial charge in [0.1, 0.15) is 0 Å². The first-order valence-corrected chi connectivity index (χ1v) is 14.8. The Morgan fingerprint density at radius 2 is 1.45 bits per heavy atom. The van der Waals surface area contributed by atoms with E-state index >= 15 is 0 Å². The van der Waals surface area contributed by atoms with Gasteiger partial charge in [0.25, 0.3) is 0 Å². The maximum Gasteiger partial charge on any atom is 0.336 e. The van der Waals surface area contributed by atoms with Gasteiger partial charge in [0.15, 0.2) is 0 Å². The molecule has 0 radical (unpaired) electrons. The van der Waals surface area contributed by atoms with Gasteiger partial charge in [-0.3, -0.25) is 4.79 Å². The van der Waals surface area contributed by atoms with Crippen molar-refractivity contribution in [1.29, 1.82) is 0 Å². The van der Waals surface area contributed by atoms with E-state index in [0.29, 0.717) is 46.1 Å². The zero-order chi connectivity index (χ0) is 30.1. The molecule has 0 bridgehead atoms. The van der Waals surface area contributed by atoms with E-state index in [2.05, 4.69) is 45.9 Å². The van der Waals surface area contributed by atoms with Crippen molar-refractivity contribution < 1.29 is 23.9 Å². The number of piperidine rings is 1. The monoisotopic (exact) mass is 573 g/mol. The number of allylic oxidation sites excluding steroid dienone is 2. The van der Waals surface area contributed by atoms with Gasteiger partial charge in [-0.05, 0) is 88.3 Å². The molecule has 224 valence electrons. The first-order valence-electron chi connectivity index (χ1n) is 14.8. The van der Waals surface area contributed by atoms with Crippen molar-refractivity contribution >= 4 is 23.5 Å². The number of anilines is 1. The van der Waals surface area contributed by atoms with Crippen LogP contribution in [-0.4, -0.2) is 56.6 Å². The Kier molecular flexibility index (Phi) is 11.0. The Hall–Kier alpha value is -3.91. The van der Waals surface area contributed by atoms with Crippen LogP contribution in [0, 0.1) is 0 Å². The second-order valence-corrected chi connectivity index (χ2v) is 11.1. The van der Waals surface area contributed by atoms with Gasteiger partial charge < -0.3 is 25.0 Å². The Balaban J connectivity index is 1.29. The largest absolute Gasteiger partial charge is 0.466 e. The van der Waals surface area contributed by atoms with Crippen LogP contribution in [0.3, 0.4) is 0 Å². The zero-order valence-electron chi connectivity index (χ0n) is 25.2. The number of rotatable bonds is 11. The third kappa shape index (κ3) is 7.68. The van der Waals surface area contributed by atoms with Crippen LogP contribution in [-0.2, 0) is 23.9 Å². The summed E-state index contributed by atoms with van der Waals surface area (Å²) in [5.41, 5.74) is 4.62. The first kappa shape index (κ1) is 31.0. The Bertz CT molecular complexity index is 1290. The topological polar surface area (TPSA) is 97.0 Å². The molecule has 2 aliphatic rings. The van der Waals surface area contributed by atoms with Gasteiger partial charge in [0.05, 0.1) is 31.3 Å². The number of amides is 1. The van der Waals surface area contributed by atoms with Crippen LogP contribution in [0.4, 0.5) is 5.69 Å². The Morgan fingerprint density at radius 3 is 2.07 bits per heavy atom. The standard InChI is InChI=1S/C34H43N3O5/c1-23-30(33(39)41-3)32(31(24(2)35-23)34(40)42-4)27-14-11-15-28(22-27)36-29(38)16-9-6-10-19-37-20-17-26(18-21-37)25-12-7-5-8-13-25/h5,7-8,11-15,22,26,32,35H,6,9-10,16-21H2,1-4H3,(H,36,38). The van der Waals surface area contributed by atoms with E-state index < -0.39 is 17.9 Å². The molecular weight excluding hydrogens is 530 g/mol. The molecule has 2 aromatic rings. The molecule has 0 aromatic heterocycles. The molecule has 0 unspecified atom stereocenters. The van der Waals surface area contributed by atoms with Crippen LogP contribution >= 0.6 is 0 Å². The minimum absolute atomic E-state index is 0.0547. The molecule has 0 spiro atoms. The van der Waals surface area contributed by atoms with Gasteiger partial charge >= 0.3 is 11.9 Å². The van der Waals surface area contributed by atoms with E-state index in [1.165, 1.54) is 32.6 Å². The fraction of sp³-hybridized carbons (Fsp3) is 0.441. The highest BCUT2D eigenvalue weighted by atomic mass is 16.5. The number of unbranched alkanes of at least 4 members (excludes halogenated alkanes) is 2. The highest BCUT2D eigenvalue weighted by Gasteiger charge is 2.37. The van der Waals surface area contributed by atoms with Gasteiger partial charge in [0.2, 0.25) is 5.91 Å². The number of ether oxygens (including phenoxy) is 2. The summed E-state index contributed by atoms with van der Waals surface area (Å²) in [7, 11) is 2.63. The second kappa shape index (κ2) is 14.8. The molecule has 2 heterocycles. The summed E-state index contributed by atoms with van der Waals surface area (Å²) in [5.74, 6) is -1.15. The van der Waals surface area contributed by atoms with Crippen molar-refractivity contribution in [3.8, 4) is 0 Å². The van der Waals surface area contributed by atoms with E-state index in [1.807, 2.05) is 18.2 Å². The number of dihydropyridines is 1. The molecule has 1 saturated heterocycles. The molecular formula is C34H43N3O5. The molecule has 0 saturated carbocycles. The van der Waals surface area contributed by atoms with Crippen molar-refractivity contribution in [3.05, 3.63) is 88.3 Å². The van der Waals surface area contributed by atoms with Gasteiger partial charge in [-0.2, -0.15) is 0 Å². The molecule has 1 amide bonds. The minimum Gasteiger partial charge on any atom is -0.466 e. The average molecular weight is 574 g/mol. The van der Waals surface area contributed by atoms with E-state index in [4.69, 9.17) is 9.47 Å². The predicted molar refractivity (Wildman–Crippen MR) is 164 cm³/mol. The van der Waals surface area contributed by atoms with E-state index in [9.17, 15) is 14.4 Å². The number of esters is 2. The molecule has 2 N–H and O–H groups in total. The summed E-state index contributed by atoms with van der Waals surface area (Å²) in [5, 5.41) is 6.10. The molecule has 2 aliphatic heterocycles. The summed E-state index contributed by atoms with van der Waals surface area (Å²) in [6.07, 6.45) is 5.75. The number of nitrogens with zero attached hydrogens (tertiary/aromatic N) is 1. The fourth-order valence-corrected chi connectivity index (χ4v) is 6.12. The molecule has 0 aliphatic carbocycles. The van der Waals surface area contributed by atoms with Crippen molar-refractivity contribution in [2.45, 2.75) is 64.2 Å². The summed E-state index contributed by atoms with van der Waals surface area (Å²) < 4.78 is 10.1. The summed E-state index contributed by atoms with van der Waals surface area (Å²) in [6.45, 7) is 6.88. The summed E-state index contributed by atoms with van der Waals surface area (Å²) in [6, 6.07) is 18.1. The highest BCUT2D eigenvalue weighted by Crippen LogP contribution is 2.39. The second-order valence-electron chi connectivity index (χ2n) is 11.1. The van der Waals surface area contributed by atoms with E-state index in [0.717, 1.165) is 38.9 Å². The van der Waals surface area contributed by atoms with Crippen LogP contribution in [0.2, 0.25) is 0 Å². The fourth-order valence-electron chi connectivity index (χ4n) is 6.12. The number of carbonyl (C=O) groups excluding carboxylic acids is 3. The van der Waals surface area contributed by atoms with Crippen LogP contribution < -0.4 is 10.6 Å². The molecule has 8 heteroatoms. The number of likely N-dealkylation sites (tertiary alicyclic amines) is 1. The minimum atomic E-state index is -0.694. The van der Waals surface area contributed by atoms with Gasteiger partial charge in [-0.25, -0.2) is 9.59 Å². The molecule has 1 fully saturated rings. The molecule has 8 nitrogen and oxygen atoms in total. The maximum absolute atomic E-state index is 12.8. The lowest BCUT2D eigenvalue weighted by Crippen LogP contribution is -2.33. The van der Waals surface area contributed by atoms with Crippen LogP contribution in [0.1, 0.15) is 75.3 Å². The number of nitrogens with one attached hydrogen (secondary N) is 2. The third-order valence-electron chi connectivity index (χ3n) is 8.31. The van der Waals surface area contributed by atoms with Crippen LogP contribution in [0.25, 0.3) is 0 Å². The first-order chi connectivity index (χ1) is 20.3. The third-order valence-corrected chi connectivity index (χ3v) is 8.31. The maximum atomic E-state index is 12.8. The smallest absolute Gasteiger partial charge is 0.336 e. The number of methoxy groups -OCH3 is 2. The number of carbonyl (C=O) groups is 3. The summed E-state index contributed by atoms with van der Waals surface area (Å²) in [4.78, 5) is 40.9. The molecule has 4 rings (SSSR count). The zero-order valence-corrected chi connectivity index (χ0v) is 25.2. The average Bonchev–Trinajstić information content (AvgIpc) is 3.00.